The van der Waals surface area contributed by atoms with Gasteiger partial charge in [-0.2, -0.15) is 0 Å². The maximum absolute atomic E-state index is 10.8. The largest absolute Gasteiger partial charge is 0.481 e. The molecule has 76 valence electrons. The topological polar surface area (TPSA) is 42.2 Å². The molecule has 0 aromatic carbocycles. The molecule has 0 bridgehead atoms. The van der Waals surface area contributed by atoms with E-state index in [0.29, 0.717) is 0 Å². The number of rotatable bonds is 3. The molecule has 0 spiro atoms. The first-order valence-corrected chi connectivity index (χ1v) is 4.89. The molecule has 1 fully saturated rings. The van der Waals surface area contributed by atoms with Crippen LogP contribution in [0.15, 0.2) is 12.3 Å². The van der Waals surface area contributed by atoms with Gasteiger partial charge in [-0.25, -0.2) is 0 Å². The minimum absolute atomic E-state index is 0.0613. The smallest absolute Gasteiger partial charge is 0.304 e. The van der Waals surface area contributed by atoms with Crippen LogP contribution in [0, 0.1) is 6.92 Å². The van der Waals surface area contributed by atoms with Crippen LogP contribution in [0.4, 0.5) is 0 Å². The van der Waals surface area contributed by atoms with Gasteiger partial charge in [-0.3, -0.25) is 4.79 Å². The number of hydrogen-bond donors (Lipinski definition) is 1. The highest BCUT2D eigenvalue weighted by Gasteiger charge is 2.48. The quantitative estimate of drug-likeness (QED) is 0.795. The summed E-state index contributed by atoms with van der Waals surface area (Å²) in [6, 6.07) is 2.05. The minimum atomic E-state index is -0.692. The third-order valence-corrected chi connectivity index (χ3v) is 3.12. The number of nitrogens with zero attached hydrogens (tertiary/aromatic N) is 1. The first kappa shape index (κ1) is 9.31. The van der Waals surface area contributed by atoms with Crippen LogP contribution in [0.1, 0.15) is 30.5 Å². The maximum atomic E-state index is 10.8. The SMILES string of the molecule is Cc1ccn(C)c1C1(CC(=O)O)CC1. The third-order valence-electron chi connectivity index (χ3n) is 3.12. The van der Waals surface area contributed by atoms with E-state index in [-0.39, 0.29) is 11.8 Å². The Bertz CT molecular complexity index is 355. The Morgan fingerprint density at radius 3 is 2.64 bits per heavy atom. The molecular formula is C11H15NO2. The summed E-state index contributed by atoms with van der Waals surface area (Å²) < 4.78 is 2.06. The van der Waals surface area contributed by atoms with Crippen molar-refractivity contribution in [2.45, 2.75) is 31.6 Å². The number of hydrogen-bond acceptors (Lipinski definition) is 1. The third kappa shape index (κ3) is 1.33. The molecule has 0 aliphatic heterocycles. The second kappa shape index (κ2) is 2.87. The highest BCUT2D eigenvalue weighted by atomic mass is 16.4. The van der Waals surface area contributed by atoms with Gasteiger partial charge in [-0.15, -0.1) is 0 Å². The van der Waals surface area contributed by atoms with Crippen molar-refractivity contribution in [2.24, 2.45) is 7.05 Å². The Morgan fingerprint density at radius 1 is 1.64 bits per heavy atom. The fourth-order valence-corrected chi connectivity index (χ4v) is 2.39. The van der Waals surface area contributed by atoms with Crippen molar-refractivity contribution in [2.75, 3.05) is 0 Å². The monoisotopic (exact) mass is 193 g/mol. The van der Waals surface area contributed by atoms with E-state index in [9.17, 15) is 4.79 Å². The van der Waals surface area contributed by atoms with Crippen molar-refractivity contribution >= 4 is 5.97 Å². The number of aliphatic carboxylic acids is 1. The van der Waals surface area contributed by atoms with Crippen LogP contribution in [-0.4, -0.2) is 15.6 Å². The molecule has 1 aliphatic carbocycles. The Kier molecular flexibility index (Phi) is 1.91. The standard InChI is InChI=1S/C11H15NO2/c1-8-3-6-12(2)10(8)11(4-5-11)7-9(13)14/h3,6H,4-5,7H2,1-2H3,(H,13,14). The summed E-state index contributed by atoms with van der Waals surface area (Å²) in [5, 5.41) is 8.86. The summed E-state index contributed by atoms with van der Waals surface area (Å²) in [6.45, 7) is 2.05. The lowest BCUT2D eigenvalue weighted by Crippen LogP contribution is -2.17. The van der Waals surface area contributed by atoms with Gasteiger partial charge in [-0.05, 0) is 31.4 Å². The molecule has 3 heteroatoms. The van der Waals surface area contributed by atoms with Crippen LogP contribution in [0.3, 0.4) is 0 Å². The van der Waals surface area contributed by atoms with E-state index in [1.807, 2.05) is 13.2 Å². The summed E-state index contributed by atoms with van der Waals surface area (Å²) in [4.78, 5) is 10.8. The molecule has 0 unspecified atom stereocenters. The molecule has 0 saturated heterocycles. The zero-order chi connectivity index (χ0) is 10.3. The number of carboxylic acid groups (broad SMARTS) is 1. The van der Waals surface area contributed by atoms with Crippen LogP contribution < -0.4 is 0 Å². The fourth-order valence-electron chi connectivity index (χ4n) is 2.39. The number of carboxylic acids is 1. The lowest BCUT2D eigenvalue weighted by atomic mass is 9.95. The van der Waals surface area contributed by atoms with E-state index in [1.165, 1.54) is 11.3 Å². The van der Waals surface area contributed by atoms with Crippen LogP contribution in [0.5, 0.6) is 0 Å². The lowest BCUT2D eigenvalue weighted by Gasteiger charge is -2.15. The summed E-state index contributed by atoms with van der Waals surface area (Å²) in [5.41, 5.74) is 2.36. The molecule has 1 aliphatic rings. The summed E-state index contributed by atoms with van der Waals surface area (Å²) >= 11 is 0. The predicted octanol–water partition coefficient (Wildman–Crippen LogP) is 1.84. The summed E-state index contributed by atoms with van der Waals surface area (Å²) in [5.74, 6) is -0.692. The van der Waals surface area contributed by atoms with Gasteiger partial charge in [0.05, 0.1) is 6.42 Å². The van der Waals surface area contributed by atoms with Crippen LogP contribution >= 0.6 is 0 Å². The molecule has 1 aromatic rings. The molecule has 2 rings (SSSR count). The molecule has 1 aromatic heterocycles. The predicted molar refractivity (Wildman–Crippen MR) is 53.3 cm³/mol. The van der Waals surface area contributed by atoms with Gasteiger partial charge >= 0.3 is 5.97 Å². The van der Waals surface area contributed by atoms with E-state index in [4.69, 9.17) is 5.11 Å². The fraction of sp³-hybridized carbons (Fsp3) is 0.545. The molecule has 1 N–H and O–H groups in total. The van der Waals surface area contributed by atoms with Crippen molar-refractivity contribution in [1.29, 1.82) is 0 Å². The highest BCUT2D eigenvalue weighted by molar-refractivity contribution is 5.70. The van der Waals surface area contributed by atoms with Crippen LogP contribution in [-0.2, 0) is 17.3 Å². The van der Waals surface area contributed by atoms with E-state index < -0.39 is 5.97 Å². The number of aromatic nitrogens is 1. The Hall–Kier alpha value is -1.25. The van der Waals surface area contributed by atoms with Gasteiger partial charge in [0.1, 0.15) is 0 Å². The molecule has 0 amide bonds. The van der Waals surface area contributed by atoms with Crippen molar-refractivity contribution in [1.82, 2.24) is 4.57 Å². The number of aryl methyl sites for hydroxylation is 2. The van der Waals surface area contributed by atoms with Crippen LogP contribution in [0.25, 0.3) is 0 Å². The minimum Gasteiger partial charge on any atom is -0.481 e. The van der Waals surface area contributed by atoms with Crippen molar-refractivity contribution in [3.63, 3.8) is 0 Å². The average molecular weight is 193 g/mol. The zero-order valence-electron chi connectivity index (χ0n) is 8.58. The second-order valence-corrected chi connectivity index (χ2v) is 4.31. The Morgan fingerprint density at radius 2 is 2.29 bits per heavy atom. The summed E-state index contributed by atoms with van der Waals surface area (Å²) in [6.07, 6.45) is 4.30. The van der Waals surface area contributed by atoms with E-state index in [2.05, 4.69) is 17.6 Å². The average Bonchev–Trinajstić information content (AvgIpc) is 2.73. The zero-order valence-corrected chi connectivity index (χ0v) is 8.58. The first-order valence-electron chi connectivity index (χ1n) is 4.89. The summed E-state index contributed by atoms with van der Waals surface area (Å²) in [7, 11) is 1.99. The van der Waals surface area contributed by atoms with E-state index >= 15 is 0 Å². The van der Waals surface area contributed by atoms with Crippen molar-refractivity contribution < 1.29 is 9.90 Å². The number of carbonyl (C=O) groups is 1. The molecule has 0 radical (unpaired) electrons. The molecule has 14 heavy (non-hydrogen) atoms. The van der Waals surface area contributed by atoms with E-state index in [1.54, 1.807) is 0 Å². The maximum Gasteiger partial charge on any atom is 0.304 e. The van der Waals surface area contributed by atoms with Crippen molar-refractivity contribution in [3.05, 3.63) is 23.5 Å². The Balaban J connectivity index is 2.34. The van der Waals surface area contributed by atoms with Gasteiger partial charge in [0.15, 0.2) is 0 Å². The molecular weight excluding hydrogens is 178 g/mol. The Labute approximate surface area is 83.4 Å². The van der Waals surface area contributed by atoms with E-state index in [0.717, 1.165) is 12.8 Å². The molecule has 1 saturated carbocycles. The molecule has 0 atom stereocenters. The van der Waals surface area contributed by atoms with Gasteiger partial charge < -0.3 is 9.67 Å². The van der Waals surface area contributed by atoms with Gasteiger partial charge in [0.25, 0.3) is 0 Å². The molecule has 3 nitrogen and oxygen atoms in total. The lowest BCUT2D eigenvalue weighted by molar-refractivity contribution is -0.137. The second-order valence-electron chi connectivity index (χ2n) is 4.31. The highest BCUT2D eigenvalue weighted by Crippen LogP contribution is 2.51. The van der Waals surface area contributed by atoms with Crippen LogP contribution in [0.2, 0.25) is 0 Å². The van der Waals surface area contributed by atoms with Gasteiger partial charge in [0.2, 0.25) is 0 Å². The van der Waals surface area contributed by atoms with Crippen molar-refractivity contribution in [3.8, 4) is 0 Å². The van der Waals surface area contributed by atoms with Gasteiger partial charge in [0, 0.05) is 24.4 Å². The van der Waals surface area contributed by atoms with Gasteiger partial charge in [-0.1, -0.05) is 0 Å². The normalized spacial score (nSPS) is 18.1. The first-order chi connectivity index (χ1) is 6.55. The molecule has 1 heterocycles.